The molecule has 4 heteroatoms. The molecule has 1 aliphatic heterocycles. The molecule has 23 heavy (non-hydrogen) atoms. The summed E-state index contributed by atoms with van der Waals surface area (Å²) in [6.45, 7) is 11.6. The topological polar surface area (TPSA) is 35.5 Å². The second-order valence-electron chi connectivity index (χ2n) is 6.76. The van der Waals surface area contributed by atoms with Crippen molar-refractivity contribution in [1.29, 1.82) is 0 Å². The fourth-order valence-electron chi connectivity index (χ4n) is 3.86. The normalized spacial score (nSPS) is 27.8. The van der Waals surface area contributed by atoms with Crippen molar-refractivity contribution in [2.45, 2.75) is 77.6 Å². The lowest BCUT2D eigenvalue weighted by Gasteiger charge is -2.54. The average Bonchev–Trinajstić information content (AvgIpc) is 2.58. The van der Waals surface area contributed by atoms with Crippen molar-refractivity contribution < 1.29 is 9.42 Å². The van der Waals surface area contributed by atoms with Gasteiger partial charge in [-0.05, 0) is 45.1 Å². The van der Waals surface area contributed by atoms with Crippen molar-refractivity contribution in [2.24, 2.45) is 0 Å². The Hall–Kier alpha value is -0.470. The highest BCUT2D eigenvalue weighted by Gasteiger charge is 2.54. The van der Waals surface area contributed by atoms with Gasteiger partial charge in [0.15, 0.2) is 7.87 Å². The van der Waals surface area contributed by atoms with Gasteiger partial charge in [0.2, 0.25) is 0 Å². The number of hydrogen-bond donors (Lipinski definition) is 0. The number of benzene rings is 1. The van der Waals surface area contributed by atoms with E-state index in [-0.39, 0.29) is 17.3 Å². The Bertz CT molecular complexity index is 483. The van der Waals surface area contributed by atoms with Crippen molar-refractivity contribution in [1.82, 2.24) is 4.67 Å². The first kappa shape index (κ1) is 18.9. The fourth-order valence-corrected chi connectivity index (χ4v) is 7.16. The van der Waals surface area contributed by atoms with E-state index in [1.54, 1.807) is 0 Å². The molecule has 0 saturated carbocycles. The Kier molecular flexibility index (Phi) is 6.24. The van der Waals surface area contributed by atoms with Gasteiger partial charge >= 0.3 is 0 Å². The summed E-state index contributed by atoms with van der Waals surface area (Å²) in [5.41, 5.74) is 0.973. The predicted molar refractivity (Wildman–Crippen MR) is 97.3 cm³/mol. The van der Waals surface area contributed by atoms with Crippen LogP contribution in [-0.2, 0) is 4.52 Å². The van der Waals surface area contributed by atoms with Gasteiger partial charge in [0, 0.05) is 6.54 Å². The molecule has 1 aromatic rings. The second kappa shape index (κ2) is 7.61. The van der Waals surface area contributed by atoms with E-state index in [1.165, 1.54) is 0 Å². The van der Waals surface area contributed by atoms with Crippen molar-refractivity contribution in [3.63, 3.8) is 0 Å². The second-order valence-corrected chi connectivity index (χ2v) is 9.36. The minimum atomic E-state index is -2.93. The van der Waals surface area contributed by atoms with Gasteiger partial charge in [-0.2, -0.15) is 4.67 Å². The Morgan fingerprint density at radius 2 is 1.78 bits per heavy atom. The molecule has 1 fully saturated rings. The molecule has 0 N–H and O–H groups in total. The maximum Gasteiger partial charge on any atom is 0.181 e. The summed E-state index contributed by atoms with van der Waals surface area (Å²) < 4.78 is 8.44. The highest BCUT2D eigenvalue weighted by molar-refractivity contribution is 7.62. The lowest BCUT2D eigenvalue weighted by Crippen LogP contribution is -2.54. The zero-order chi connectivity index (χ0) is 17.1. The van der Waals surface area contributed by atoms with Gasteiger partial charge in [0.1, 0.15) is 11.8 Å². The van der Waals surface area contributed by atoms with Crippen LogP contribution in [0.15, 0.2) is 30.3 Å². The standard InChI is InChI=1S/C19H32NO2P/c1-6-19(7-2,8-3)20-15-14-16(4)22-23(20,21)17(5)18-12-10-9-11-13-18/h9-13,16-17H,6-8,14-15H2,1-5H3/t16-,17-,23?/m1/s1. The molecule has 0 aliphatic carbocycles. The Balaban J connectivity index is 2.43. The SMILES string of the molecule is CCC(CC)(CC)N1CC[C@@H](C)O[P+]1([O-])[C@H](C)c1ccccc1. The first-order valence-corrected chi connectivity index (χ1v) is 10.7. The van der Waals surface area contributed by atoms with Crippen LogP contribution >= 0.6 is 7.87 Å². The third-order valence-electron chi connectivity index (χ3n) is 5.71. The molecule has 3 nitrogen and oxygen atoms in total. The molecule has 1 heterocycles. The van der Waals surface area contributed by atoms with Gasteiger partial charge in [-0.25, -0.2) is 4.52 Å². The first-order chi connectivity index (χ1) is 10.9. The lowest BCUT2D eigenvalue weighted by atomic mass is 9.89. The molecule has 0 aromatic heterocycles. The van der Waals surface area contributed by atoms with Crippen molar-refractivity contribution in [3.8, 4) is 0 Å². The Labute approximate surface area is 142 Å². The van der Waals surface area contributed by atoms with Crippen LogP contribution < -0.4 is 4.89 Å². The highest BCUT2D eigenvalue weighted by atomic mass is 31.2. The molecule has 1 unspecified atom stereocenters. The molecule has 1 saturated heterocycles. The van der Waals surface area contributed by atoms with E-state index in [4.69, 9.17) is 4.52 Å². The van der Waals surface area contributed by atoms with Crippen LogP contribution in [0.1, 0.15) is 71.5 Å². The quantitative estimate of drug-likeness (QED) is 0.689. The van der Waals surface area contributed by atoms with Gasteiger partial charge in [-0.15, -0.1) is 0 Å². The third kappa shape index (κ3) is 3.49. The summed E-state index contributed by atoms with van der Waals surface area (Å²) in [6.07, 6.45) is 4.02. The summed E-state index contributed by atoms with van der Waals surface area (Å²) in [4.78, 5) is 14.1. The van der Waals surface area contributed by atoms with E-state index in [9.17, 15) is 4.89 Å². The highest BCUT2D eigenvalue weighted by Crippen LogP contribution is 2.71. The van der Waals surface area contributed by atoms with Crippen molar-refractivity contribution in [3.05, 3.63) is 35.9 Å². The molecule has 1 aromatic carbocycles. The van der Waals surface area contributed by atoms with Crippen molar-refractivity contribution in [2.75, 3.05) is 6.54 Å². The fraction of sp³-hybridized carbons (Fsp3) is 0.684. The van der Waals surface area contributed by atoms with Crippen LogP contribution in [0.5, 0.6) is 0 Å². The van der Waals surface area contributed by atoms with Crippen LogP contribution in [0.2, 0.25) is 0 Å². The maximum absolute atomic E-state index is 14.1. The van der Waals surface area contributed by atoms with Crippen molar-refractivity contribution >= 4 is 7.87 Å². The summed E-state index contributed by atoms with van der Waals surface area (Å²) in [6, 6.07) is 10.2. The first-order valence-electron chi connectivity index (χ1n) is 9.04. The molecular formula is C19H32NO2P. The average molecular weight is 337 g/mol. The Morgan fingerprint density at radius 1 is 1.22 bits per heavy atom. The Morgan fingerprint density at radius 3 is 2.30 bits per heavy atom. The summed E-state index contributed by atoms with van der Waals surface area (Å²) in [5.74, 6) is 0. The molecule has 2 rings (SSSR count). The summed E-state index contributed by atoms with van der Waals surface area (Å²) >= 11 is 0. The van der Waals surface area contributed by atoms with E-state index in [1.807, 2.05) is 25.1 Å². The van der Waals surface area contributed by atoms with Crippen LogP contribution in [0.25, 0.3) is 0 Å². The van der Waals surface area contributed by atoms with Crippen LogP contribution in [-0.4, -0.2) is 22.9 Å². The van der Waals surface area contributed by atoms with Gasteiger partial charge < -0.3 is 4.89 Å². The number of nitrogens with zero attached hydrogens (tertiary/aromatic N) is 1. The minimum Gasteiger partial charge on any atom is -0.641 e. The summed E-state index contributed by atoms with van der Waals surface area (Å²) in [5, 5.41) is 0. The molecule has 0 bridgehead atoms. The predicted octanol–water partition coefficient (Wildman–Crippen LogP) is 4.95. The molecular weight excluding hydrogens is 305 g/mol. The lowest BCUT2D eigenvalue weighted by molar-refractivity contribution is -0.225. The van der Waals surface area contributed by atoms with Crippen LogP contribution in [0.3, 0.4) is 0 Å². The van der Waals surface area contributed by atoms with E-state index in [0.29, 0.717) is 0 Å². The van der Waals surface area contributed by atoms with E-state index >= 15 is 0 Å². The maximum atomic E-state index is 14.1. The zero-order valence-electron chi connectivity index (χ0n) is 15.3. The molecule has 3 atom stereocenters. The van der Waals surface area contributed by atoms with Crippen LogP contribution in [0.4, 0.5) is 0 Å². The minimum absolute atomic E-state index is 0.0291. The largest absolute Gasteiger partial charge is 0.641 e. The van der Waals surface area contributed by atoms with Gasteiger partial charge in [-0.3, -0.25) is 0 Å². The zero-order valence-corrected chi connectivity index (χ0v) is 16.2. The van der Waals surface area contributed by atoms with Gasteiger partial charge in [-0.1, -0.05) is 51.1 Å². The molecule has 130 valence electrons. The molecule has 0 spiro atoms. The van der Waals surface area contributed by atoms with Gasteiger partial charge in [0.25, 0.3) is 0 Å². The molecule has 0 amide bonds. The monoisotopic (exact) mass is 337 g/mol. The molecule has 1 aliphatic rings. The number of rotatable bonds is 6. The molecule has 0 radical (unpaired) electrons. The summed E-state index contributed by atoms with van der Waals surface area (Å²) in [7, 11) is -2.93. The number of hydrogen-bond acceptors (Lipinski definition) is 3. The van der Waals surface area contributed by atoms with E-state index in [2.05, 4.69) is 44.5 Å². The van der Waals surface area contributed by atoms with E-state index in [0.717, 1.165) is 37.8 Å². The smallest absolute Gasteiger partial charge is 0.181 e. The van der Waals surface area contributed by atoms with E-state index < -0.39 is 7.87 Å². The third-order valence-corrected chi connectivity index (χ3v) is 8.94. The van der Waals surface area contributed by atoms with Crippen LogP contribution in [0, 0.1) is 0 Å². The van der Waals surface area contributed by atoms with Gasteiger partial charge in [0.05, 0.1) is 5.54 Å².